The second-order valence-corrected chi connectivity index (χ2v) is 9.52. The van der Waals surface area contributed by atoms with Gasteiger partial charge in [0.1, 0.15) is 11.6 Å². The largest absolute Gasteiger partial charge is 0.484 e. The maximum Gasteiger partial charge on any atom is 0.262 e. The average Bonchev–Trinajstić information content (AvgIpc) is 2.75. The highest BCUT2D eigenvalue weighted by molar-refractivity contribution is 7.92. The lowest BCUT2D eigenvalue weighted by atomic mass is 10.2. The predicted molar refractivity (Wildman–Crippen MR) is 124 cm³/mol. The Labute approximate surface area is 195 Å². The Bertz CT molecular complexity index is 1200. The van der Waals surface area contributed by atoms with E-state index in [0.29, 0.717) is 27.7 Å². The molecule has 3 aromatic rings. The van der Waals surface area contributed by atoms with Crippen LogP contribution in [-0.2, 0) is 21.4 Å². The molecule has 0 unspecified atom stereocenters. The highest BCUT2D eigenvalue weighted by Gasteiger charge is 2.18. The van der Waals surface area contributed by atoms with Crippen molar-refractivity contribution in [3.8, 4) is 5.75 Å². The van der Waals surface area contributed by atoms with Crippen molar-refractivity contribution >= 4 is 50.5 Å². The van der Waals surface area contributed by atoms with Gasteiger partial charge in [-0.15, -0.1) is 0 Å². The number of nitrogens with zero attached hydrogens (tertiary/aromatic N) is 1. The number of hydrogen-bond acceptors (Lipinski definition) is 4. The molecule has 168 valence electrons. The lowest BCUT2D eigenvalue weighted by Crippen LogP contribution is -2.29. The molecule has 3 rings (SSSR count). The molecule has 0 aliphatic heterocycles. The fourth-order valence-corrected chi connectivity index (χ4v) is 4.04. The lowest BCUT2D eigenvalue weighted by molar-refractivity contribution is -0.118. The number of carbonyl (C=O) groups is 1. The fraction of sp³-hybridized carbons (Fsp3) is 0.136. The Morgan fingerprint density at radius 2 is 1.69 bits per heavy atom. The number of carbonyl (C=O) groups excluding carboxylic acids is 1. The van der Waals surface area contributed by atoms with Crippen LogP contribution in [0.5, 0.6) is 5.75 Å². The number of halogens is 3. The summed E-state index contributed by atoms with van der Waals surface area (Å²) in [5, 5.41) is 3.15. The molecule has 0 fully saturated rings. The van der Waals surface area contributed by atoms with Crippen LogP contribution in [-0.4, -0.2) is 27.2 Å². The van der Waals surface area contributed by atoms with Gasteiger partial charge < -0.3 is 10.1 Å². The molecular formula is C22H19Cl2FN2O4S. The number of ether oxygens (including phenoxy) is 1. The molecule has 0 aliphatic carbocycles. The quantitative estimate of drug-likeness (QED) is 0.469. The summed E-state index contributed by atoms with van der Waals surface area (Å²) in [5.74, 6) is -0.466. The van der Waals surface area contributed by atoms with E-state index in [0.717, 1.165) is 6.26 Å². The fourth-order valence-electron chi connectivity index (χ4n) is 2.80. The summed E-state index contributed by atoms with van der Waals surface area (Å²) in [4.78, 5) is 12.1. The zero-order valence-electron chi connectivity index (χ0n) is 16.9. The van der Waals surface area contributed by atoms with Crippen LogP contribution >= 0.6 is 23.2 Å². The second-order valence-electron chi connectivity index (χ2n) is 6.83. The standard InChI is InChI=1S/C22H19Cl2FN2O4S/c1-32(29,30)27(13-15-5-7-16(25)8-6-15)17-9-11-18(12-10-17)31-14-21(28)26-20-4-2-3-19(23)22(20)24/h2-12H,13-14H2,1H3,(H,26,28). The van der Waals surface area contributed by atoms with E-state index in [1.54, 1.807) is 42.5 Å². The Balaban J connectivity index is 1.65. The van der Waals surface area contributed by atoms with Gasteiger partial charge in [-0.05, 0) is 54.1 Å². The molecule has 0 saturated heterocycles. The van der Waals surface area contributed by atoms with Crippen molar-refractivity contribution in [3.05, 3.63) is 88.2 Å². The molecule has 1 N–H and O–H groups in total. The van der Waals surface area contributed by atoms with Crippen LogP contribution in [0, 0.1) is 5.82 Å². The topological polar surface area (TPSA) is 75.7 Å². The maximum absolute atomic E-state index is 13.1. The van der Waals surface area contributed by atoms with Crippen molar-refractivity contribution in [3.63, 3.8) is 0 Å². The first-order valence-corrected chi connectivity index (χ1v) is 11.9. The Hall–Kier alpha value is -2.81. The van der Waals surface area contributed by atoms with Crippen molar-refractivity contribution in [1.29, 1.82) is 0 Å². The molecule has 0 aliphatic rings. The number of benzene rings is 3. The molecule has 3 aromatic carbocycles. The minimum atomic E-state index is -3.60. The third-order valence-electron chi connectivity index (χ3n) is 4.36. The van der Waals surface area contributed by atoms with Crippen molar-refractivity contribution in [2.45, 2.75) is 6.54 Å². The Morgan fingerprint density at radius 3 is 2.31 bits per heavy atom. The van der Waals surface area contributed by atoms with Crippen molar-refractivity contribution in [2.75, 3.05) is 22.5 Å². The number of hydrogen-bond donors (Lipinski definition) is 1. The molecule has 32 heavy (non-hydrogen) atoms. The highest BCUT2D eigenvalue weighted by atomic mass is 35.5. The second kappa shape index (κ2) is 10.2. The summed E-state index contributed by atoms with van der Waals surface area (Å²) in [5.41, 5.74) is 1.40. The van der Waals surface area contributed by atoms with Gasteiger partial charge in [0.25, 0.3) is 5.91 Å². The molecule has 0 bridgehead atoms. The van der Waals surface area contributed by atoms with Crippen LogP contribution in [0.4, 0.5) is 15.8 Å². The minimum Gasteiger partial charge on any atom is -0.484 e. The van der Waals surface area contributed by atoms with Crippen LogP contribution in [0.2, 0.25) is 10.0 Å². The van der Waals surface area contributed by atoms with Gasteiger partial charge in [0.05, 0.1) is 34.2 Å². The normalized spacial score (nSPS) is 11.1. The maximum atomic E-state index is 13.1. The van der Waals surface area contributed by atoms with Gasteiger partial charge >= 0.3 is 0 Å². The van der Waals surface area contributed by atoms with Gasteiger partial charge in [0.15, 0.2) is 6.61 Å². The zero-order valence-corrected chi connectivity index (χ0v) is 19.2. The van der Waals surface area contributed by atoms with E-state index in [9.17, 15) is 17.6 Å². The number of amides is 1. The Morgan fingerprint density at radius 1 is 1.03 bits per heavy atom. The molecule has 10 heteroatoms. The molecule has 0 spiro atoms. The van der Waals surface area contributed by atoms with Gasteiger partial charge in [-0.2, -0.15) is 0 Å². The first kappa shape index (κ1) is 23.8. The van der Waals surface area contributed by atoms with Crippen molar-refractivity contribution in [1.82, 2.24) is 0 Å². The minimum absolute atomic E-state index is 0.0438. The summed E-state index contributed by atoms with van der Waals surface area (Å²) in [7, 11) is -3.60. The summed E-state index contributed by atoms with van der Waals surface area (Å²) in [6.45, 7) is -0.240. The predicted octanol–water partition coefficient (Wildman–Crippen LogP) is 5.12. The summed E-state index contributed by atoms with van der Waals surface area (Å²) < 4.78 is 44.3. The highest BCUT2D eigenvalue weighted by Crippen LogP contribution is 2.29. The van der Waals surface area contributed by atoms with E-state index >= 15 is 0 Å². The number of rotatable bonds is 8. The molecule has 0 heterocycles. The van der Waals surface area contributed by atoms with Gasteiger partial charge in [-0.25, -0.2) is 12.8 Å². The monoisotopic (exact) mass is 496 g/mol. The molecule has 1 amide bonds. The van der Waals surface area contributed by atoms with Gasteiger partial charge in [0, 0.05) is 0 Å². The molecule has 6 nitrogen and oxygen atoms in total. The van der Waals surface area contributed by atoms with Crippen molar-refractivity contribution in [2.24, 2.45) is 0 Å². The van der Waals surface area contributed by atoms with Crippen molar-refractivity contribution < 1.29 is 22.3 Å². The molecule has 0 radical (unpaired) electrons. The van der Waals surface area contributed by atoms with Crippen LogP contribution in [0.1, 0.15) is 5.56 Å². The SMILES string of the molecule is CS(=O)(=O)N(Cc1ccc(F)cc1)c1ccc(OCC(=O)Nc2cccc(Cl)c2Cl)cc1. The Kier molecular flexibility index (Phi) is 7.60. The van der Waals surface area contributed by atoms with Gasteiger partial charge in [-0.1, -0.05) is 41.4 Å². The number of nitrogens with one attached hydrogen (secondary N) is 1. The zero-order chi connectivity index (χ0) is 23.3. The van der Waals surface area contributed by atoms with Gasteiger partial charge in [-0.3, -0.25) is 9.10 Å². The molecular weight excluding hydrogens is 478 g/mol. The summed E-state index contributed by atoms with van der Waals surface area (Å²) >= 11 is 12.0. The first-order valence-electron chi connectivity index (χ1n) is 9.32. The molecule has 0 saturated carbocycles. The van der Waals surface area contributed by atoms with E-state index in [1.807, 2.05) is 0 Å². The molecule has 0 atom stereocenters. The van der Waals surface area contributed by atoms with E-state index < -0.39 is 21.7 Å². The lowest BCUT2D eigenvalue weighted by Gasteiger charge is -2.22. The van der Waals surface area contributed by atoms with Gasteiger partial charge in [0.2, 0.25) is 10.0 Å². The van der Waals surface area contributed by atoms with Crippen LogP contribution < -0.4 is 14.4 Å². The van der Waals surface area contributed by atoms with Crippen LogP contribution in [0.3, 0.4) is 0 Å². The number of sulfonamides is 1. The van der Waals surface area contributed by atoms with Crippen LogP contribution in [0.25, 0.3) is 0 Å². The number of anilines is 2. The average molecular weight is 497 g/mol. The third kappa shape index (κ3) is 6.35. The van der Waals surface area contributed by atoms with E-state index in [2.05, 4.69) is 5.32 Å². The smallest absolute Gasteiger partial charge is 0.262 e. The first-order chi connectivity index (χ1) is 15.1. The van der Waals surface area contributed by atoms with E-state index in [1.165, 1.54) is 28.6 Å². The third-order valence-corrected chi connectivity index (χ3v) is 6.32. The summed E-state index contributed by atoms with van der Waals surface area (Å²) in [6, 6.07) is 16.7. The van der Waals surface area contributed by atoms with Crippen LogP contribution in [0.15, 0.2) is 66.7 Å². The van der Waals surface area contributed by atoms with E-state index in [-0.39, 0.29) is 18.2 Å². The molecule has 0 aromatic heterocycles. The summed E-state index contributed by atoms with van der Waals surface area (Å²) in [6.07, 6.45) is 1.09. The van der Waals surface area contributed by atoms with E-state index in [4.69, 9.17) is 27.9 Å².